The molecule has 2 rings (SSSR count). The molecule has 1 aliphatic carbocycles. The second-order valence-electron chi connectivity index (χ2n) is 5.13. The minimum atomic E-state index is -1.08. The van der Waals surface area contributed by atoms with Gasteiger partial charge in [0.05, 0.1) is 5.60 Å². The molecule has 17 heavy (non-hydrogen) atoms. The highest BCUT2D eigenvalue weighted by Crippen LogP contribution is 2.38. The molecule has 0 spiro atoms. The summed E-state index contributed by atoms with van der Waals surface area (Å²) < 4.78 is 13.3. The lowest BCUT2D eigenvalue weighted by Gasteiger charge is -2.36. The van der Waals surface area contributed by atoms with Gasteiger partial charge < -0.3 is 10.2 Å². The van der Waals surface area contributed by atoms with Crippen LogP contribution in [-0.2, 0) is 0 Å². The first-order chi connectivity index (χ1) is 8.01. The minimum Gasteiger partial charge on any atom is -0.387 e. The van der Waals surface area contributed by atoms with Crippen LogP contribution in [0.15, 0.2) is 18.2 Å². The third-order valence-corrected chi connectivity index (χ3v) is 3.61. The molecule has 0 aromatic heterocycles. The van der Waals surface area contributed by atoms with E-state index in [1.807, 2.05) is 0 Å². The molecule has 0 bridgehead atoms. The summed E-state index contributed by atoms with van der Waals surface area (Å²) in [4.78, 5) is 0. The predicted octanol–water partition coefficient (Wildman–Crippen LogP) is 2.86. The van der Waals surface area contributed by atoms with Crippen LogP contribution >= 0.6 is 0 Å². The largest absolute Gasteiger partial charge is 0.387 e. The fraction of sp³-hybridized carbons (Fsp3) is 0.571. The van der Waals surface area contributed by atoms with E-state index in [1.165, 1.54) is 12.1 Å². The third kappa shape index (κ3) is 2.67. The van der Waals surface area contributed by atoms with E-state index in [-0.39, 0.29) is 5.82 Å². The molecule has 1 fully saturated rings. The van der Waals surface area contributed by atoms with Gasteiger partial charge in [-0.05, 0) is 43.0 Å². The van der Waals surface area contributed by atoms with Crippen molar-refractivity contribution in [3.63, 3.8) is 0 Å². The number of aryl methyl sites for hydroxylation is 1. The summed E-state index contributed by atoms with van der Waals surface area (Å²) in [7, 11) is 0. The smallest absolute Gasteiger partial charge is 0.123 e. The molecule has 1 atom stereocenters. The average molecular weight is 238 g/mol. The molecular weight excluding hydrogens is 219 g/mol. The molecule has 3 heteroatoms. The number of hydrogen-bond acceptors (Lipinski definition) is 2. The molecule has 1 aromatic rings. The van der Waals surface area contributed by atoms with Gasteiger partial charge in [0.25, 0.3) is 0 Å². The highest BCUT2D eigenvalue weighted by atomic mass is 19.1. The summed E-state index contributed by atoms with van der Waals surface area (Å²) in [6.07, 6.45) is 3.12. The fourth-order valence-electron chi connectivity index (χ4n) is 2.67. The fourth-order valence-corrected chi connectivity index (χ4v) is 2.67. The highest BCUT2D eigenvalue weighted by Gasteiger charge is 2.37. The van der Waals surface area contributed by atoms with Crippen molar-refractivity contribution in [2.45, 2.75) is 50.7 Å². The molecule has 1 unspecified atom stereocenters. The Bertz CT molecular complexity index is 377. The molecule has 94 valence electrons. The Hall–Kier alpha value is -0.930. The van der Waals surface area contributed by atoms with Crippen LogP contribution in [0.25, 0.3) is 0 Å². The van der Waals surface area contributed by atoms with E-state index in [9.17, 15) is 14.6 Å². The Morgan fingerprint density at radius 3 is 2.41 bits per heavy atom. The van der Waals surface area contributed by atoms with Gasteiger partial charge in [0.2, 0.25) is 0 Å². The van der Waals surface area contributed by atoms with Crippen molar-refractivity contribution >= 4 is 0 Å². The zero-order valence-corrected chi connectivity index (χ0v) is 10.1. The first-order valence-electron chi connectivity index (χ1n) is 6.19. The highest BCUT2D eigenvalue weighted by molar-refractivity contribution is 5.27. The maximum Gasteiger partial charge on any atom is 0.123 e. The maximum atomic E-state index is 13.3. The van der Waals surface area contributed by atoms with Crippen molar-refractivity contribution in [3.05, 3.63) is 35.1 Å². The number of halogens is 1. The van der Waals surface area contributed by atoms with Crippen LogP contribution in [0.5, 0.6) is 0 Å². The van der Waals surface area contributed by atoms with Gasteiger partial charge in [-0.25, -0.2) is 4.39 Å². The lowest BCUT2D eigenvalue weighted by Crippen LogP contribution is -2.38. The van der Waals surface area contributed by atoms with Gasteiger partial charge in [0.15, 0.2) is 0 Å². The molecular formula is C14H19FO2. The molecule has 0 saturated heterocycles. The Kier molecular flexibility index (Phi) is 3.50. The van der Waals surface area contributed by atoms with Crippen LogP contribution in [-0.4, -0.2) is 15.8 Å². The van der Waals surface area contributed by atoms with Gasteiger partial charge in [0, 0.05) is 0 Å². The molecule has 0 radical (unpaired) electrons. The van der Waals surface area contributed by atoms with Crippen molar-refractivity contribution in [3.8, 4) is 0 Å². The summed E-state index contributed by atoms with van der Waals surface area (Å²) in [5, 5.41) is 20.6. The average Bonchev–Trinajstić information content (AvgIpc) is 2.27. The molecule has 0 aliphatic heterocycles. The first kappa shape index (κ1) is 12.5. The standard InChI is InChI=1S/C14H19FO2/c1-10-7-11(9-12(15)8-10)13(16)14(17)5-3-2-4-6-14/h7-9,13,16-17H,2-6H2,1H3. The van der Waals surface area contributed by atoms with E-state index in [1.54, 1.807) is 13.0 Å². The van der Waals surface area contributed by atoms with Gasteiger partial charge >= 0.3 is 0 Å². The monoisotopic (exact) mass is 238 g/mol. The molecule has 1 saturated carbocycles. The van der Waals surface area contributed by atoms with E-state index >= 15 is 0 Å². The van der Waals surface area contributed by atoms with Gasteiger partial charge in [-0.15, -0.1) is 0 Å². The summed E-state index contributed by atoms with van der Waals surface area (Å²) in [6.45, 7) is 1.78. The van der Waals surface area contributed by atoms with Crippen LogP contribution in [0.1, 0.15) is 49.3 Å². The number of hydrogen-bond donors (Lipinski definition) is 2. The van der Waals surface area contributed by atoms with Crippen LogP contribution in [0.2, 0.25) is 0 Å². The molecule has 1 aromatic carbocycles. The molecule has 2 N–H and O–H groups in total. The second-order valence-corrected chi connectivity index (χ2v) is 5.13. The zero-order valence-electron chi connectivity index (χ0n) is 10.1. The number of benzene rings is 1. The molecule has 0 amide bonds. The van der Waals surface area contributed by atoms with Crippen molar-refractivity contribution in [2.75, 3.05) is 0 Å². The van der Waals surface area contributed by atoms with Gasteiger partial charge in [-0.2, -0.15) is 0 Å². The van der Waals surface area contributed by atoms with E-state index in [2.05, 4.69) is 0 Å². The Balaban J connectivity index is 2.26. The number of aliphatic hydroxyl groups is 2. The van der Waals surface area contributed by atoms with Crippen LogP contribution in [0.3, 0.4) is 0 Å². The molecule has 0 heterocycles. The van der Waals surface area contributed by atoms with Crippen molar-refractivity contribution in [2.24, 2.45) is 0 Å². The summed E-state index contributed by atoms with van der Waals surface area (Å²) in [5.41, 5.74) is 0.156. The van der Waals surface area contributed by atoms with E-state index in [0.717, 1.165) is 24.8 Å². The van der Waals surface area contributed by atoms with Gasteiger partial charge in [0.1, 0.15) is 11.9 Å². The van der Waals surface area contributed by atoms with E-state index < -0.39 is 11.7 Å². The van der Waals surface area contributed by atoms with Crippen LogP contribution < -0.4 is 0 Å². The van der Waals surface area contributed by atoms with Gasteiger partial charge in [-0.1, -0.05) is 25.3 Å². The lowest BCUT2D eigenvalue weighted by atomic mass is 9.78. The Labute approximate surface area is 101 Å². The van der Waals surface area contributed by atoms with E-state index in [0.29, 0.717) is 18.4 Å². The third-order valence-electron chi connectivity index (χ3n) is 3.61. The maximum absolute atomic E-state index is 13.3. The lowest BCUT2D eigenvalue weighted by molar-refractivity contribution is -0.0992. The van der Waals surface area contributed by atoms with Crippen LogP contribution in [0, 0.1) is 12.7 Å². The summed E-state index contributed by atoms with van der Waals surface area (Å²) >= 11 is 0. The zero-order chi connectivity index (χ0) is 12.5. The summed E-state index contributed by atoms with van der Waals surface area (Å²) in [6, 6.07) is 4.46. The molecule has 2 nitrogen and oxygen atoms in total. The topological polar surface area (TPSA) is 40.5 Å². The number of aliphatic hydroxyl groups excluding tert-OH is 1. The van der Waals surface area contributed by atoms with Crippen molar-refractivity contribution in [1.82, 2.24) is 0 Å². The quantitative estimate of drug-likeness (QED) is 0.831. The second kappa shape index (κ2) is 4.75. The Morgan fingerprint density at radius 1 is 1.18 bits per heavy atom. The van der Waals surface area contributed by atoms with E-state index in [4.69, 9.17) is 0 Å². The van der Waals surface area contributed by atoms with Crippen LogP contribution in [0.4, 0.5) is 4.39 Å². The van der Waals surface area contributed by atoms with Gasteiger partial charge in [-0.3, -0.25) is 0 Å². The minimum absolute atomic E-state index is 0.363. The van der Waals surface area contributed by atoms with Crippen molar-refractivity contribution in [1.29, 1.82) is 0 Å². The predicted molar refractivity (Wildman–Crippen MR) is 64.1 cm³/mol. The van der Waals surface area contributed by atoms with Crippen molar-refractivity contribution < 1.29 is 14.6 Å². The SMILES string of the molecule is Cc1cc(F)cc(C(O)C2(O)CCCCC2)c1. The first-order valence-corrected chi connectivity index (χ1v) is 6.19. The Morgan fingerprint density at radius 2 is 1.82 bits per heavy atom. The molecule has 1 aliphatic rings. The normalized spacial score (nSPS) is 21.2. The summed E-state index contributed by atoms with van der Waals surface area (Å²) in [5.74, 6) is -0.363. The number of rotatable bonds is 2.